The van der Waals surface area contributed by atoms with Crippen molar-refractivity contribution < 1.29 is 4.39 Å². The molecule has 0 aromatic heterocycles. The van der Waals surface area contributed by atoms with Gasteiger partial charge >= 0.3 is 0 Å². The zero-order valence-corrected chi connectivity index (χ0v) is 10.6. The van der Waals surface area contributed by atoms with Gasteiger partial charge in [0.05, 0.1) is 11.6 Å². The quantitative estimate of drug-likeness (QED) is 0.778. The molecule has 0 aliphatic rings. The molecule has 0 bridgehead atoms. The molecule has 1 aromatic carbocycles. The summed E-state index contributed by atoms with van der Waals surface area (Å²) in [6, 6.07) is 6.49. The van der Waals surface area contributed by atoms with Gasteiger partial charge in [-0.2, -0.15) is 5.26 Å². The first-order chi connectivity index (χ1) is 8.02. The molecule has 0 aliphatic carbocycles. The van der Waals surface area contributed by atoms with E-state index in [0.29, 0.717) is 17.7 Å². The predicted molar refractivity (Wildman–Crippen MR) is 66.0 cm³/mol. The van der Waals surface area contributed by atoms with Crippen LogP contribution in [-0.4, -0.2) is 44.0 Å². The van der Waals surface area contributed by atoms with Crippen LogP contribution < -0.4 is 0 Å². The molecule has 3 nitrogen and oxygen atoms in total. The molecule has 0 heterocycles. The number of rotatable bonds is 5. The highest BCUT2D eigenvalue weighted by atomic mass is 19.1. The fourth-order valence-corrected chi connectivity index (χ4v) is 1.51. The third-order valence-corrected chi connectivity index (χ3v) is 2.54. The van der Waals surface area contributed by atoms with Gasteiger partial charge in [0.2, 0.25) is 0 Å². The molecule has 0 atom stereocenters. The minimum Gasteiger partial charge on any atom is -0.308 e. The summed E-state index contributed by atoms with van der Waals surface area (Å²) in [5.41, 5.74) is 1.08. The molecular weight excluding hydrogens is 217 g/mol. The van der Waals surface area contributed by atoms with Gasteiger partial charge in [-0.25, -0.2) is 4.39 Å². The minimum atomic E-state index is -0.249. The second kappa shape index (κ2) is 6.33. The molecule has 0 unspecified atom stereocenters. The summed E-state index contributed by atoms with van der Waals surface area (Å²) >= 11 is 0. The Balaban J connectivity index is 2.64. The smallest absolute Gasteiger partial charge is 0.127 e. The predicted octanol–water partition coefficient (Wildman–Crippen LogP) is 1.69. The third kappa shape index (κ3) is 4.51. The van der Waals surface area contributed by atoms with E-state index in [1.54, 1.807) is 6.07 Å². The Bertz CT molecular complexity index is 410. The van der Waals surface area contributed by atoms with Gasteiger partial charge in [0, 0.05) is 25.2 Å². The maximum Gasteiger partial charge on any atom is 0.127 e. The second-order valence-corrected chi connectivity index (χ2v) is 4.46. The summed E-state index contributed by atoms with van der Waals surface area (Å²) in [5, 5.41) is 8.77. The number of nitrogens with zero attached hydrogens (tertiary/aromatic N) is 3. The molecule has 0 N–H and O–H groups in total. The van der Waals surface area contributed by atoms with Crippen LogP contribution in [0, 0.1) is 17.1 Å². The zero-order chi connectivity index (χ0) is 12.8. The van der Waals surface area contributed by atoms with Crippen molar-refractivity contribution in [2.24, 2.45) is 0 Å². The molecule has 1 aromatic rings. The van der Waals surface area contributed by atoms with Gasteiger partial charge in [0.25, 0.3) is 0 Å². The Morgan fingerprint density at radius 1 is 1.24 bits per heavy atom. The highest BCUT2D eigenvalue weighted by molar-refractivity contribution is 5.33. The first-order valence-electron chi connectivity index (χ1n) is 5.54. The number of nitriles is 1. The normalized spacial score (nSPS) is 10.9. The Morgan fingerprint density at radius 3 is 2.53 bits per heavy atom. The molecule has 0 radical (unpaired) electrons. The maximum absolute atomic E-state index is 13.5. The largest absolute Gasteiger partial charge is 0.308 e. The van der Waals surface area contributed by atoms with Gasteiger partial charge in [-0.15, -0.1) is 0 Å². The van der Waals surface area contributed by atoms with Crippen molar-refractivity contribution in [3.8, 4) is 6.07 Å². The lowest BCUT2D eigenvalue weighted by Crippen LogP contribution is -2.28. The summed E-state index contributed by atoms with van der Waals surface area (Å²) < 4.78 is 13.5. The lowest BCUT2D eigenvalue weighted by atomic mass is 10.1. The Morgan fingerprint density at radius 2 is 1.94 bits per heavy atom. The molecule has 92 valence electrons. The number of likely N-dealkylation sites (N-methyl/N-ethyl adjacent to an activating group) is 2. The fourth-order valence-electron chi connectivity index (χ4n) is 1.51. The molecular formula is C13H18FN3. The summed E-state index contributed by atoms with van der Waals surface area (Å²) in [6.45, 7) is 2.31. The second-order valence-electron chi connectivity index (χ2n) is 4.46. The topological polar surface area (TPSA) is 30.3 Å². The highest BCUT2D eigenvalue weighted by Gasteiger charge is 2.07. The monoisotopic (exact) mass is 235 g/mol. The summed E-state index contributed by atoms with van der Waals surface area (Å²) in [7, 11) is 5.96. The van der Waals surface area contributed by atoms with E-state index in [2.05, 4.69) is 4.90 Å². The Labute approximate surface area is 102 Å². The SMILES string of the molecule is CN(C)CCN(C)Cc1cc(C#N)ccc1F. The van der Waals surface area contributed by atoms with E-state index < -0.39 is 0 Å². The molecule has 0 spiro atoms. The van der Waals surface area contributed by atoms with Crippen molar-refractivity contribution in [2.45, 2.75) is 6.54 Å². The fraction of sp³-hybridized carbons (Fsp3) is 0.462. The van der Waals surface area contributed by atoms with Crippen molar-refractivity contribution in [3.05, 3.63) is 35.1 Å². The van der Waals surface area contributed by atoms with E-state index in [0.717, 1.165) is 13.1 Å². The highest BCUT2D eigenvalue weighted by Crippen LogP contribution is 2.12. The number of hydrogen-bond acceptors (Lipinski definition) is 3. The van der Waals surface area contributed by atoms with Crippen LogP contribution in [0.1, 0.15) is 11.1 Å². The molecule has 0 fully saturated rings. The van der Waals surface area contributed by atoms with Crippen molar-refractivity contribution >= 4 is 0 Å². The van der Waals surface area contributed by atoms with Crippen molar-refractivity contribution in [1.82, 2.24) is 9.80 Å². The van der Waals surface area contributed by atoms with Crippen LogP contribution in [0.5, 0.6) is 0 Å². The van der Waals surface area contributed by atoms with Gasteiger partial charge in [-0.05, 0) is 39.3 Å². The summed E-state index contributed by atoms with van der Waals surface area (Å²) in [4.78, 5) is 4.12. The first-order valence-corrected chi connectivity index (χ1v) is 5.54. The average Bonchev–Trinajstić information content (AvgIpc) is 2.29. The number of hydrogen-bond donors (Lipinski definition) is 0. The summed E-state index contributed by atoms with van der Waals surface area (Å²) in [6.07, 6.45) is 0. The molecule has 0 amide bonds. The lowest BCUT2D eigenvalue weighted by Gasteiger charge is -2.19. The maximum atomic E-state index is 13.5. The molecule has 4 heteroatoms. The van der Waals surface area contributed by atoms with Crippen LogP contribution in [0.4, 0.5) is 4.39 Å². The van der Waals surface area contributed by atoms with Gasteiger partial charge in [-0.1, -0.05) is 0 Å². The zero-order valence-electron chi connectivity index (χ0n) is 10.6. The molecule has 0 aliphatic heterocycles. The van der Waals surface area contributed by atoms with E-state index >= 15 is 0 Å². The molecule has 0 saturated heterocycles. The van der Waals surface area contributed by atoms with E-state index in [1.807, 2.05) is 32.1 Å². The van der Waals surface area contributed by atoms with Crippen molar-refractivity contribution in [3.63, 3.8) is 0 Å². The van der Waals surface area contributed by atoms with E-state index in [-0.39, 0.29) is 5.82 Å². The Kier molecular flexibility index (Phi) is 5.08. The summed E-state index contributed by atoms with van der Waals surface area (Å²) in [5.74, 6) is -0.249. The van der Waals surface area contributed by atoms with Crippen LogP contribution >= 0.6 is 0 Å². The van der Waals surface area contributed by atoms with E-state index in [4.69, 9.17) is 5.26 Å². The minimum absolute atomic E-state index is 0.249. The van der Waals surface area contributed by atoms with Crippen LogP contribution in [0.2, 0.25) is 0 Å². The van der Waals surface area contributed by atoms with Gasteiger partial charge in [0.15, 0.2) is 0 Å². The van der Waals surface area contributed by atoms with Crippen LogP contribution in [0.3, 0.4) is 0 Å². The van der Waals surface area contributed by atoms with E-state index in [1.165, 1.54) is 12.1 Å². The van der Waals surface area contributed by atoms with Crippen molar-refractivity contribution in [1.29, 1.82) is 5.26 Å². The van der Waals surface area contributed by atoms with E-state index in [9.17, 15) is 4.39 Å². The molecule has 1 rings (SSSR count). The van der Waals surface area contributed by atoms with Crippen LogP contribution in [0.25, 0.3) is 0 Å². The van der Waals surface area contributed by atoms with Crippen molar-refractivity contribution in [2.75, 3.05) is 34.2 Å². The Hall–Kier alpha value is -1.44. The lowest BCUT2D eigenvalue weighted by molar-refractivity contribution is 0.273. The standard InChI is InChI=1S/C13H18FN3/c1-16(2)6-7-17(3)10-12-8-11(9-15)4-5-13(12)14/h4-5,8H,6-7,10H2,1-3H3. The van der Waals surface area contributed by atoms with Crippen LogP contribution in [-0.2, 0) is 6.54 Å². The van der Waals surface area contributed by atoms with Gasteiger partial charge < -0.3 is 9.80 Å². The molecule has 17 heavy (non-hydrogen) atoms. The first kappa shape index (κ1) is 13.6. The average molecular weight is 235 g/mol. The van der Waals surface area contributed by atoms with Gasteiger partial charge in [0.1, 0.15) is 5.82 Å². The third-order valence-electron chi connectivity index (χ3n) is 2.54. The molecule has 0 saturated carbocycles. The van der Waals surface area contributed by atoms with Crippen LogP contribution in [0.15, 0.2) is 18.2 Å². The van der Waals surface area contributed by atoms with Gasteiger partial charge in [-0.3, -0.25) is 0 Å². The number of halogens is 1. The number of benzene rings is 1.